The number of hydrogen-bond donors (Lipinski definition) is 2. The Morgan fingerprint density at radius 3 is 2.50 bits per heavy atom. The second-order valence-electron chi connectivity index (χ2n) is 7.49. The number of anilines is 1. The van der Waals surface area contributed by atoms with Crippen LogP contribution in [-0.4, -0.2) is 29.1 Å². The van der Waals surface area contributed by atoms with Crippen LogP contribution < -0.4 is 10.0 Å². The third kappa shape index (κ3) is 4.69. The largest absolute Gasteiger partial charge is 0.324 e. The number of benzene rings is 3. The molecule has 0 aliphatic heterocycles. The second kappa shape index (κ2) is 9.15. The van der Waals surface area contributed by atoms with Gasteiger partial charge in [0, 0.05) is 5.69 Å². The second-order valence-corrected chi connectivity index (χ2v) is 9.70. The standard InChI is InChI=1S/C23H22N4O3S2/c1-15-8-6-11-18(16(15)2)24-23(28)20(14-17-9-4-3-5-10-17)27-32(29,30)21-13-7-12-19-22(21)26-31-25-19/h3-13,20,27H,14H2,1-2H3,(H,24,28)/t20-/m0/s1. The van der Waals surface area contributed by atoms with Gasteiger partial charge in [-0.15, -0.1) is 0 Å². The van der Waals surface area contributed by atoms with Crippen molar-refractivity contribution in [3.8, 4) is 0 Å². The van der Waals surface area contributed by atoms with E-state index in [1.54, 1.807) is 18.2 Å². The molecule has 4 rings (SSSR count). The first-order valence-corrected chi connectivity index (χ1v) is 12.2. The van der Waals surface area contributed by atoms with Crippen molar-refractivity contribution in [1.82, 2.24) is 13.5 Å². The molecule has 1 atom stereocenters. The molecule has 0 unspecified atom stereocenters. The van der Waals surface area contributed by atoms with Gasteiger partial charge in [0.05, 0.1) is 11.7 Å². The first-order chi connectivity index (χ1) is 15.3. The first-order valence-electron chi connectivity index (χ1n) is 10.00. The molecule has 3 aromatic carbocycles. The summed E-state index contributed by atoms with van der Waals surface area (Å²) in [4.78, 5) is 13.2. The zero-order valence-electron chi connectivity index (χ0n) is 17.6. The third-order valence-electron chi connectivity index (χ3n) is 5.30. The molecule has 7 nitrogen and oxygen atoms in total. The molecular weight excluding hydrogens is 444 g/mol. The molecule has 2 N–H and O–H groups in total. The van der Waals surface area contributed by atoms with Crippen LogP contribution in [-0.2, 0) is 21.2 Å². The van der Waals surface area contributed by atoms with Gasteiger partial charge in [-0.25, -0.2) is 8.42 Å². The van der Waals surface area contributed by atoms with Crippen molar-refractivity contribution in [2.45, 2.75) is 31.2 Å². The molecule has 0 saturated carbocycles. The van der Waals surface area contributed by atoms with Gasteiger partial charge in [-0.1, -0.05) is 48.5 Å². The minimum atomic E-state index is -4.04. The monoisotopic (exact) mass is 466 g/mol. The van der Waals surface area contributed by atoms with E-state index in [-0.39, 0.29) is 11.3 Å². The number of aromatic nitrogens is 2. The van der Waals surface area contributed by atoms with Gasteiger partial charge in [0.1, 0.15) is 22.0 Å². The molecule has 0 radical (unpaired) electrons. The van der Waals surface area contributed by atoms with Crippen LogP contribution in [0.5, 0.6) is 0 Å². The summed E-state index contributed by atoms with van der Waals surface area (Å²) in [6, 6.07) is 18.7. The lowest BCUT2D eigenvalue weighted by molar-refractivity contribution is -0.117. The number of carbonyl (C=O) groups excluding carboxylic acids is 1. The molecule has 1 aromatic heterocycles. The van der Waals surface area contributed by atoms with Crippen molar-refractivity contribution < 1.29 is 13.2 Å². The maximum atomic E-state index is 13.3. The van der Waals surface area contributed by atoms with E-state index in [0.29, 0.717) is 16.7 Å². The van der Waals surface area contributed by atoms with Crippen LogP contribution in [0.15, 0.2) is 71.6 Å². The lowest BCUT2D eigenvalue weighted by Gasteiger charge is -2.20. The van der Waals surface area contributed by atoms with Crippen LogP contribution in [0.3, 0.4) is 0 Å². The highest BCUT2D eigenvalue weighted by Crippen LogP contribution is 2.22. The fourth-order valence-electron chi connectivity index (χ4n) is 3.39. The number of nitrogens with zero attached hydrogens (tertiary/aromatic N) is 2. The maximum Gasteiger partial charge on any atom is 0.243 e. The highest BCUT2D eigenvalue weighted by molar-refractivity contribution is 7.89. The van der Waals surface area contributed by atoms with Gasteiger partial charge in [-0.2, -0.15) is 13.5 Å². The number of fused-ring (bicyclic) bond motifs is 1. The summed E-state index contributed by atoms with van der Waals surface area (Å²) in [5, 5.41) is 2.89. The van der Waals surface area contributed by atoms with Crippen LogP contribution in [0.25, 0.3) is 11.0 Å². The molecule has 0 aliphatic carbocycles. The Morgan fingerprint density at radius 2 is 1.72 bits per heavy atom. The highest BCUT2D eigenvalue weighted by Gasteiger charge is 2.28. The molecule has 9 heteroatoms. The summed E-state index contributed by atoms with van der Waals surface area (Å²) < 4.78 is 37.4. The number of carbonyl (C=O) groups is 1. The predicted molar refractivity (Wildman–Crippen MR) is 126 cm³/mol. The van der Waals surface area contributed by atoms with E-state index in [2.05, 4.69) is 18.8 Å². The van der Waals surface area contributed by atoms with Gasteiger partial charge in [0.2, 0.25) is 15.9 Å². The number of amides is 1. The first kappa shape index (κ1) is 22.1. The zero-order valence-corrected chi connectivity index (χ0v) is 19.2. The molecule has 0 fully saturated rings. The van der Waals surface area contributed by atoms with Gasteiger partial charge >= 0.3 is 0 Å². The Morgan fingerprint density at radius 1 is 0.969 bits per heavy atom. The summed E-state index contributed by atoms with van der Waals surface area (Å²) in [7, 11) is -4.04. The average molecular weight is 467 g/mol. The molecule has 164 valence electrons. The van der Waals surface area contributed by atoms with Crippen LogP contribution in [0.4, 0.5) is 5.69 Å². The minimum absolute atomic E-state index is 0.00125. The van der Waals surface area contributed by atoms with E-state index in [9.17, 15) is 13.2 Å². The zero-order chi connectivity index (χ0) is 22.7. The Hall–Kier alpha value is -3.14. The lowest BCUT2D eigenvalue weighted by Crippen LogP contribution is -2.45. The maximum absolute atomic E-state index is 13.3. The van der Waals surface area contributed by atoms with Crippen LogP contribution in [0, 0.1) is 13.8 Å². The van der Waals surface area contributed by atoms with E-state index >= 15 is 0 Å². The number of hydrogen-bond acceptors (Lipinski definition) is 6. The van der Waals surface area contributed by atoms with Crippen molar-refractivity contribution in [3.63, 3.8) is 0 Å². The van der Waals surface area contributed by atoms with Crippen LogP contribution >= 0.6 is 11.7 Å². The van der Waals surface area contributed by atoms with E-state index < -0.39 is 22.0 Å². The van der Waals surface area contributed by atoms with E-state index in [1.165, 1.54) is 6.07 Å². The van der Waals surface area contributed by atoms with E-state index in [4.69, 9.17) is 0 Å². The van der Waals surface area contributed by atoms with Crippen molar-refractivity contribution in [1.29, 1.82) is 0 Å². The van der Waals surface area contributed by atoms with Gasteiger partial charge in [0.15, 0.2) is 0 Å². The topological polar surface area (TPSA) is 101 Å². The van der Waals surface area contributed by atoms with Gasteiger partial charge < -0.3 is 5.32 Å². The highest BCUT2D eigenvalue weighted by atomic mass is 32.2. The molecule has 4 aromatic rings. The van der Waals surface area contributed by atoms with Crippen molar-refractivity contribution in [2.24, 2.45) is 0 Å². The lowest BCUT2D eigenvalue weighted by atomic mass is 10.0. The number of nitrogens with one attached hydrogen (secondary N) is 2. The SMILES string of the molecule is Cc1cccc(NC(=O)[C@H](Cc2ccccc2)NS(=O)(=O)c2cccc3nsnc23)c1C. The molecule has 1 amide bonds. The number of sulfonamides is 1. The van der Waals surface area contributed by atoms with E-state index in [0.717, 1.165) is 28.4 Å². The molecule has 32 heavy (non-hydrogen) atoms. The minimum Gasteiger partial charge on any atom is -0.324 e. The predicted octanol–water partition coefficient (Wildman–Crippen LogP) is 3.84. The Bertz CT molecular complexity index is 1370. The third-order valence-corrected chi connectivity index (χ3v) is 7.34. The summed E-state index contributed by atoms with van der Waals surface area (Å²) in [6.45, 7) is 3.87. The van der Waals surface area contributed by atoms with Gasteiger partial charge in [0.25, 0.3) is 0 Å². The Kier molecular flexibility index (Phi) is 6.31. The van der Waals surface area contributed by atoms with E-state index in [1.807, 2.05) is 56.3 Å². The Balaban J connectivity index is 1.66. The summed E-state index contributed by atoms with van der Waals surface area (Å²) in [6.07, 6.45) is 0.196. The molecule has 0 aliphatic rings. The quantitative estimate of drug-likeness (QED) is 0.431. The fourth-order valence-corrected chi connectivity index (χ4v) is 5.35. The van der Waals surface area contributed by atoms with Crippen molar-refractivity contribution >= 4 is 44.4 Å². The van der Waals surface area contributed by atoms with Crippen molar-refractivity contribution in [2.75, 3.05) is 5.32 Å². The molecule has 1 heterocycles. The van der Waals surface area contributed by atoms with Gasteiger partial charge in [-0.05, 0) is 55.2 Å². The van der Waals surface area contributed by atoms with Crippen molar-refractivity contribution in [3.05, 3.63) is 83.4 Å². The van der Waals surface area contributed by atoms with Crippen LogP contribution in [0.2, 0.25) is 0 Å². The average Bonchev–Trinajstić information content (AvgIpc) is 3.26. The number of aryl methyl sites for hydroxylation is 1. The Labute approximate surface area is 190 Å². The van der Waals surface area contributed by atoms with Crippen LogP contribution in [0.1, 0.15) is 16.7 Å². The molecule has 0 bridgehead atoms. The van der Waals surface area contributed by atoms with Gasteiger partial charge in [-0.3, -0.25) is 4.79 Å². The summed E-state index contributed by atoms with van der Waals surface area (Å²) in [5.41, 5.74) is 4.24. The smallest absolute Gasteiger partial charge is 0.243 e. The molecule has 0 spiro atoms. The summed E-state index contributed by atoms with van der Waals surface area (Å²) in [5.74, 6) is -0.435. The normalized spacial score (nSPS) is 12.6. The number of rotatable bonds is 7. The molecular formula is C23H22N4O3S2. The fraction of sp³-hybridized carbons (Fsp3) is 0.174. The summed E-state index contributed by atoms with van der Waals surface area (Å²) >= 11 is 0.944. The molecule has 0 saturated heterocycles.